The Labute approximate surface area is 62.8 Å². The van der Waals surface area contributed by atoms with E-state index in [0.717, 1.165) is 0 Å². The van der Waals surface area contributed by atoms with Gasteiger partial charge in [-0.05, 0) is 0 Å². The summed E-state index contributed by atoms with van der Waals surface area (Å²) in [5.74, 6) is 0.606. The van der Waals surface area contributed by atoms with E-state index in [-0.39, 0.29) is 0 Å². The lowest BCUT2D eigenvalue weighted by Gasteiger charge is -1.70. The third-order valence-electron chi connectivity index (χ3n) is 0.519. The molecule has 0 bridgehead atoms. The maximum Gasteiger partial charge on any atom is 0.394 e. The van der Waals surface area contributed by atoms with Gasteiger partial charge in [-0.2, -0.15) is 8.42 Å². The number of anilines is 1. The lowest BCUT2D eigenvalue weighted by atomic mass is 10.8. The predicted octanol–water partition coefficient (Wildman–Crippen LogP) is -0.661. The van der Waals surface area contributed by atoms with Gasteiger partial charge in [-0.3, -0.25) is 9.11 Å². The molecular formula is C3H7N3O4S. The normalized spacial score (nSPS) is 10.0. The molecule has 0 amide bonds. The fourth-order valence-corrected chi connectivity index (χ4v) is 0.267. The maximum atomic E-state index is 8.74. The van der Waals surface area contributed by atoms with Crippen molar-refractivity contribution in [2.75, 3.05) is 5.73 Å². The monoisotopic (exact) mass is 181 g/mol. The van der Waals surface area contributed by atoms with Crippen LogP contribution in [0.3, 0.4) is 0 Å². The minimum atomic E-state index is -4.67. The van der Waals surface area contributed by atoms with Crippen LogP contribution >= 0.6 is 0 Å². The van der Waals surface area contributed by atoms with Gasteiger partial charge in [0.25, 0.3) is 0 Å². The Morgan fingerprint density at radius 3 is 2.09 bits per heavy atom. The number of imidazole rings is 1. The van der Waals surface area contributed by atoms with E-state index in [4.69, 9.17) is 23.3 Å². The number of rotatable bonds is 0. The van der Waals surface area contributed by atoms with Gasteiger partial charge in [-0.1, -0.05) is 0 Å². The zero-order valence-corrected chi connectivity index (χ0v) is 6.11. The van der Waals surface area contributed by atoms with E-state index < -0.39 is 10.4 Å². The standard InChI is InChI=1S/C3H5N3.H2O4S/c4-3-1-5-2-6-3;1-5(2,3)4/h1-2H,4H2,(H,5,6);(H2,1,2,3,4). The zero-order chi connectivity index (χ0) is 8.91. The van der Waals surface area contributed by atoms with Gasteiger partial charge in [0.15, 0.2) is 0 Å². The minimum Gasteiger partial charge on any atom is -0.384 e. The highest BCUT2D eigenvalue weighted by molar-refractivity contribution is 7.79. The summed E-state index contributed by atoms with van der Waals surface area (Å²) in [5, 5.41) is 0. The topological polar surface area (TPSA) is 129 Å². The SMILES string of the molecule is Nc1cnc[nH]1.O=S(=O)(O)O. The number of nitrogens with one attached hydrogen (secondary N) is 1. The van der Waals surface area contributed by atoms with Gasteiger partial charge in [0.05, 0.1) is 12.5 Å². The number of H-pyrrole nitrogens is 1. The summed E-state index contributed by atoms with van der Waals surface area (Å²) in [7, 11) is -4.67. The average Bonchev–Trinajstić information content (AvgIpc) is 2.12. The van der Waals surface area contributed by atoms with E-state index >= 15 is 0 Å². The van der Waals surface area contributed by atoms with Crippen molar-refractivity contribution in [3.8, 4) is 0 Å². The molecule has 0 atom stereocenters. The number of nitrogen functional groups attached to an aromatic ring is 1. The molecule has 1 aromatic heterocycles. The molecule has 0 saturated heterocycles. The molecule has 0 radical (unpaired) electrons. The predicted molar refractivity (Wildman–Crippen MR) is 37.2 cm³/mol. The smallest absolute Gasteiger partial charge is 0.384 e. The second-order valence-electron chi connectivity index (χ2n) is 1.45. The molecule has 0 spiro atoms. The fourth-order valence-electron chi connectivity index (χ4n) is 0.267. The number of hydrogen-bond acceptors (Lipinski definition) is 4. The molecule has 1 rings (SSSR count). The van der Waals surface area contributed by atoms with E-state index in [1.807, 2.05) is 0 Å². The lowest BCUT2D eigenvalue weighted by Crippen LogP contribution is -1.89. The lowest BCUT2D eigenvalue weighted by molar-refractivity contribution is 0.381. The van der Waals surface area contributed by atoms with Crippen LogP contribution in [0, 0.1) is 0 Å². The fraction of sp³-hybridized carbons (Fsp3) is 0. The van der Waals surface area contributed by atoms with Crippen molar-refractivity contribution in [2.24, 2.45) is 0 Å². The summed E-state index contributed by atoms with van der Waals surface area (Å²) in [5.41, 5.74) is 5.16. The van der Waals surface area contributed by atoms with Crippen LogP contribution in [0.5, 0.6) is 0 Å². The van der Waals surface area contributed by atoms with Crippen molar-refractivity contribution < 1.29 is 17.5 Å². The highest BCUT2D eigenvalue weighted by atomic mass is 32.3. The molecule has 7 nitrogen and oxygen atoms in total. The molecule has 0 aliphatic heterocycles. The van der Waals surface area contributed by atoms with E-state index in [9.17, 15) is 0 Å². The average molecular weight is 181 g/mol. The summed E-state index contributed by atoms with van der Waals surface area (Å²) in [6.07, 6.45) is 3.09. The molecule has 0 aliphatic rings. The number of hydrogen-bond donors (Lipinski definition) is 4. The minimum absolute atomic E-state index is 0.606. The van der Waals surface area contributed by atoms with Crippen LogP contribution in [0.1, 0.15) is 0 Å². The molecule has 1 heterocycles. The molecule has 0 saturated carbocycles. The van der Waals surface area contributed by atoms with Crippen LogP contribution < -0.4 is 5.73 Å². The van der Waals surface area contributed by atoms with Crippen molar-refractivity contribution in [1.82, 2.24) is 9.97 Å². The van der Waals surface area contributed by atoms with Crippen LogP contribution in [0.15, 0.2) is 12.5 Å². The van der Waals surface area contributed by atoms with Crippen molar-refractivity contribution >= 4 is 16.2 Å². The molecule has 8 heteroatoms. The van der Waals surface area contributed by atoms with Crippen LogP contribution in [0.2, 0.25) is 0 Å². The van der Waals surface area contributed by atoms with Gasteiger partial charge in [-0.15, -0.1) is 0 Å². The van der Waals surface area contributed by atoms with Crippen molar-refractivity contribution in [3.63, 3.8) is 0 Å². The molecule has 1 aromatic rings. The van der Waals surface area contributed by atoms with Gasteiger partial charge >= 0.3 is 10.4 Å². The summed E-state index contributed by atoms with van der Waals surface area (Å²) in [6.45, 7) is 0. The van der Waals surface area contributed by atoms with E-state index in [1.165, 1.54) is 6.33 Å². The molecular weight excluding hydrogens is 174 g/mol. The summed E-state index contributed by atoms with van der Waals surface area (Å²) in [4.78, 5) is 6.31. The highest BCUT2D eigenvalue weighted by Gasteiger charge is 1.84. The Morgan fingerprint density at radius 1 is 1.55 bits per heavy atom. The second kappa shape index (κ2) is 3.91. The van der Waals surface area contributed by atoms with Gasteiger partial charge in [0.1, 0.15) is 5.82 Å². The second-order valence-corrected chi connectivity index (χ2v) is 2.35. The zero-order valence-electron chi connectivity index (χ0n) is 5.30. The first-order chi connectivity index (χ1) is 4.89. The molecule has 0 fully saturated rings. The largest absolute Gasteiger partial charge is 0.394 e. The third-order valence-corrected chi connectivity index (χ3v) is 0.519. The molecule has 64 valence electrons. The van der Waals surface area contributed by atoms with Crippen LogP contribution in [0.25, 0.3) is 0 Å². The van der Waals surface area contributed by atoms with Gasteiger partial charge < -0.3 is 10.7 Å². The van der Waals surface area contributed by atoms with E-state index in [2.05, 4.69) is 9.97 Å². The summed E-state index contributed by atoms with van der Waals surface area (Å²) >= 11 is 0. The Hall–Kier alpha value is -1.12. The van der Waals surface area contributed by atoms with Gasteiger partial charge in [0.2, 0.25) is 0 Å². The first-order valence-corrected chi connectivity index (χ1v) is 3.73. The third kappa shape index (κ3) is 12.2. The van der Waals surface area contributed by atoms with Gasteiger partial charge in [0, 0.05) is 0 Å². The molecule has 0 aromatic carbocycles. The van der Waals surface area contributed by atoms with Gasteiger partial charge in [-0.25, -0.2) is 4.98 Å². The molecule has 5 N–H and O–H groups in total. The van der Waals surface area contributed by atoms with Crippen LogP contribution in [-0.2, 0) is 10.4 Å². The number of nitrogens with two attached hydrogens (primary N) is 1. The Kier molecular flexibility index (Phi) is 3.51. The Bertz CT molecular complexity index is 270. The summed E-state index contributed by atoms with van der Waals surface area (Å²) in [6, 6.07) is 0. The number of aromatic amines is 1. The highest BCUT2D eigenvalue weighted by Crippen LogP contribution is 1.84. The van der Waals surface area contributed by atoms with Crippen LogP contribution in [-0.4, -0.2) is 27.5 Å². The van der Waals surface area contributed by atoms with Crippen LogP contribution in [0.4, 0.5) is 5.82 Å². The molecule has 0 aliphatic carbocycles. The number of aromatic nitrogens is 2. The first-order valence-electron chi connectivity index (χ1n) is 2.33. The van der Waals surface area contributed by atoms with Crippen molar-refractivity contribution in [2.45, 2.75) is 0 Å². The van der Waals surface area contributed by atoms with E-state index in [1.54, 1.807) is 6.20 Å². The Balaban J connectivity index is 0.000000187. The summed E-state index contributed by atoms with van der Waals surface area (Å²) < 4.78 is 31.6. The maximum absolute atomic E-state index is 8.74. The van der Waals surface area contributed by atoms with E-state index in [0.29, 0.717) is 5.82 Å². The number of nitrogens with zero attached hydrogens (tertiary/aromatic N) is 1. The van der Waals surface area contributed by atoms with Crippen molar-refractivity contribution in [3.05, 3.63) is 12.5 Å². The Morgan fingerprint density at radius 2 is 2.00 bits per heavy atom. The molecule has 11 heavy (non-hydrogen) atoms. The van der Waals surface area contributed by atoms with Crippen molar-refractivity contribution in [1.29, 1.82) is 0 Å². The molecule has 0 unspecified atom stereocenters. The first kappa shape index (κ1) is 9.88. The quantitative estimate of drug-likeness (QED) is 0.393.